The maximum atomic E-state index is 6.28. The third-order valence-corrected chi connectivity index (χ3v) is 5.16. The fraction of sp³-hybridized carbons (Fsp3) is 0.263. The molecular weight excluding hydrogens is 425 g/mol. The van der Waals surface area contributed by atoms with Gasteiger partial charge in [0.15, 0.2) is 5.75 Å². The van der Waals surface area contributed by atoms with Gasteiger partial charge in [0.05, 0.1) is 16.7 Å². The van der Waals surface area contributed by atoms with Gasteiger partial charge < -0.3 is 14.2 Å². The van der Waals surface area contributed by atoms with E-state index in [4.69, 9.17) is 49.0 Å². The van der Waals surface area contributed by atoms with E-state index < -0.39 is 5.79 Å². The van der Waals surface area contributed by atoms with E-state index in [1.54, 1.807) is 41.3 Å². The lowest BCUT2D eigenvalue weighted by Crippen LogP contribution is -2.34. The molecule has 2 atom stereocenters. The Morgan fingerprint density at radius 3 is 2.54 bits per heavy atom. The molecule has 2 unspecified atom stereocenters. The van der Waals surface area contributed by atoms with Crippen LogP contribution in [0.1, 0.15) is 5.56 Å². The highest BCUT2D eigenvalue weighted by Crippen LogP contribution is 2.38. The van der Waals surface area contributed by atoms with Gasteiger partial charge in [0.2, 0.25) is 5.79 Å². The molecular formula is C19H16Cl3N3O3. The van der Waals surface area contributed by atoms with E-state index in [9.17, 15) is 0 Å². The van der Waals surface area contributed by atoms with Crippen molar-refractivity contribution in [2.24, 2.45) is 0 Å². The van der Waals surface area contributed by atoms with Crippen LogP contribution in [0.15, 0.2) is 55.1 Å². The Hall–Kier alpha value is -1.83. The second-order valence-corrected chi connectivity index (χ2v) is 7.52. The summed E-state index contributed by atoms with van der Waals surface area (Å²) in [4.78, 5) is 3.98. The Bertz CT molecular complexity index is 917. The topological polar surface area (TPSA) is 58.4 Å². The number of aromatic nitrogens is 3. The first kappa shape index (κ1) is 19.5. The molecule has 146 valence electrons. The van der Waals surface area contributed by atoms with Crippen molar-refractivity contribution in [3.8, 4) is 5.75 Å². The van der Waals surface area contributed by atoms with Crippen molar-refractivity contribution in [3.05, 3.63) is 75.8 Å². The average molecular weight is 441 g/mol. The smallest absolute Gasteiger partial charge is 0.215 e. The van der Waals surface area contributed by atoms with Crippen molar-refractivity contribution in [2.75, 3.05) is 13.2 Å². The van der Waals surface area contributed by atoms with Crippen LogP contribution in [-0.4, -0.2) is 34.1 Å². The number of hydrogen-bond acceptors (Lipinski definition) is 5. The van der Waals surface area contributed by atoms with Crippen LogP contribution in [0, 0.1) is 0 Å². The molecule has 1 aromatic heterocycles. The lowest BCUT2D eigenvalue weighted by atomic mass is 10.1. The molecule has 0 saturated carbocycles. The Morgan fingerprint density at radius 1 is 1.11 bits per heavy atom. The Balaban J connectivity index is 1.53. The molecule has 6 nitrogen and oxygen atoms in total. The monoisotopic (exact) mass is 439 g/mol. The molecule has 0 aliphatic carbocycles. The summed E-state index contributed by atoms with van der Waals surface area (Å²) in [7, 11) is 0. The van der Waals surface area contributed by atoms with Crippen molar-refractivity contribution in [1.29, 1.82) is 0 Å². The molecule has 2 aromatic carbocycles. The number of nitrogens with zero attached hydrogens (tertiary/aromatic N) is 3. The van der Waals surface area contributed by atoms with Crippen molar-refractivity contribution >= 4 is 34.8 Å². The third-order valence-electron chi connectivity index (χ3n) is 4.31. The van der Waals surface area contributed by atoms with E-state index in [1.165, 1.54) is 6.33 Å². The summed E-state index contributed by atoms with van der Waals surface area (Å²) in [5.41, 5.74) is 0.825. The van der Waals surface area contributed by atoms with Gasteiger partial charge in [0, 0.05) is 10.6 Å². The number of ether oxygens (including phenoxy) is 3. The van der Waals surface area contributed by atoms with E-state index in [-0.39, 0.29) is 12.7 Å². The molecule has 0 spiro atoms. The lowest BCUT2D eigenvalue weighted by molar-refractivity contribution is -0.190. The van der Waals surface area contributed by atoms with Gasteiger partial charge in [-0.1, -0.05) is 53.0 Å². The summed E-state index contributed by atoms with van der Waals surface area (Å²) >= 11 is 18.4. The predicted molar refractivity (Wildman–Crippen MR) is 106 cm³/mol. The minimum atomic E-state index is -1.03. The molecule has 1 fully saturated rings. The van der Waals surface area contributed by atoms with E-state index in [2.05, 4.69) is 10.1 Å². The number of para-hydroxylation sites is 1. The minimum absolute atomic E-state index is 0.232. The average Bonchev–Trinajstić information content (AvgIpc) is 3.33. The fourth-order valence-electron chi connectivity index (χ4n) is 3.00. The van der Waals surface area contributed by atoms with Gasteiger partial charge in [0.1, 0.15) is 31.9 Å². The van der Waals surface area contributed by atoms with Crippen LogP contribution in [0.4, 0.5) is 0 Å². The quantitative estimate of drug-likeness (QED) is 0.561. The van der Waals surface area contributed by atoms with Gasteiger partial charge in [-0.15, -0.1) is 0 Å². The first-order valence-corrected chi connectivity index (χ1v) is 9.66. The normalized spacial score (nSPS) is 21.8. The van der Waals surface area contributed by atoms with Gasteiger partial charge in [-0.25, -0.2) is 9.67 Å². The second-order valence-electron chi connectivity index (χ2n) is 6.27. The van der Waals surface area contributed by atoms with Gasteiger partial charge in [-0.3, -0.25) is 0 Å². The molecule has 1 aliphatic rings. The summed E-state index contributed by atoms with van der Waals surface area (Å²) in [6.07, 6.45) is 2.74. The van der Waals surface area contributed by atoms with Gasteiger partial charge in [0.25, 0.3) is 0 Å². The maximum Gasteiger partial charge on any atom is 0.215 e. The van der Waals surface area contributed by atoms with Gasteiger partial charge in [-0.05, 0) is 24.3 Å². The highest BCUT2D eigenvalue weighted by Gasteiger charge is 2.44. The predicted octanol–water partition coefficient (Wildman–Crippen LogP) is 4.59. The molecule has 0 amide bonds. The summed E-state index contributed by atoms with van der Waals surface area (Å²) < 4.78 is 19.9. The van der Waals surface area contributed by atoms with Crippen LogP contribution in [0.3, 0.4) is 0 Å². The van der Waals surface area contributed by atoms with Crippen molar-refractivity contribution in [1.82, 2.24) is 14.8 Å². The Labute approximate surface area is 176 Å². The van der Waals surface area contributed by atoms with Crippen LogP contribution in [0.5, 0.6) is 5.75 Å². The fourth-order valence-corrected chi connectivity index (χ4v) is 3.63. The van der Waals surface area contributed by atoms with Crippen LogP contribution in [0.2, 0.25) is 15.1 Å². The third kappa shape index (κ3) is 4.11. The van der Waals surface area contributed by atoms with Gasteiger partial charge >= 0.3 is 0 Å². The molecule has 0 bridgehead atoms. The molecule has 1 aliphatic heterocycles. The minimum Gasteiger partial charge on any atom is -0.488 e. The van der Waals surface area contributed by atoms with E-state index in [1.807, 2.05) is 12.1 Å². The van der Waals surface area contributed by atoms with Crippen LogP contribution in [-0.2, 0) is 21.8 Å². The molecule has 2 heterocycles. The summed E-state index contributed by atoms with van der Waals surface area (Å²) in [6, 6.07) is 12.5. The largest absolute Gasteiger partial charge is 0.488 e. The Morgan fingerprint density at radius 2 is 1.86 bits per heavy atom. The molecule has 9 heteroatoms. The highest BCUT2D eigenvalue weighted by atomic mass is 35.5. The summed E-state index contributed by atoms with van der Waals surface area (Å²) in [6.45, 7) is 0.896. The first-order chi connectivity index (χ1) is 13.6. The molecule has 0 N–H and O–H groups in total. The Kier molecular flexibility index (Phi) is 5.75. The molecule has 4 rings (SSSR count). The zero-order valence-electron chi connectivity index (χ0n) is 14.6. The van der Waals surface area contributed by atoms with Gasteiger partial charge in [-0.2, -0.15) is 5.10 Å². The molecule has 3 aromatic rings. The van der Waals surface area contributed by atoms with E-state index in [0.717, 1.165) is 5.56 Å². The van der Waals surface area contributed by atoms with Crippen LogP contribution >= 0.6 is 34.8 Å². The zero-order valence-corrected chi connectivity index (χ0v) is 16.9. The number of halogens is 3. The number of rotatable bonds is 6. The lowest BCUT2D eigenvalue weighted by Gasteiger charge is -2.28. The van der Waals surface area contributed by atoms with Crippen molar-refractivity contribution in [3.63, 3.8) is 0 Å². The molecule has 0 radical (unpaired) electrons. The van der Waals surface area contributed by atoms with E-state index >= 15 is 0 Å². The van der Waals surface area contributed by atoms with Crippen LogP contribution < -0.4 is 4.74 Å². The first-order valence-electron chi connectivity index (χ1n) is 8.53. The second kappa shape index (κ2) is 8.27. The van der Waals surface area contributed by atoms with Crippen molar-refractivity contribution < 1.29 is 14.2 Å². The SMILES string of the molecule is Clc1ccc(C2(Cn3cncn3)OCC(COc3c(Cl)cccc3Cl)O2)cc1. The maximum absolute atomic E-state index is 6.28. The highest BCUT2D eigenvalue weighted by molar-refractivity contribution is 6.37. The molecule has 1 saturated heterocycles. The number of hydrogen-bond donors (Lipinski definition) is 0. The van der Waals surface area contributed by atoms with E-state index in [0.29, 0.717) is 34.0 Å². The summed E-state index contributed by atoms with van der Waals surface area (Å²) in [5.74, 6) is -0.606. The molecule has 28 heavy (non-hydrogen) atoms. The summed E-state index contributed by atoms with van der Waals surface area (Å²) in [5, 5.41) is 5.68. The van der Waals surface area contributed by atoms with Crippen molar-refractivity contribution in [2.45, 2.75) is 18.4 Å². The number of benzene rings is 2. The zero-order chi connectivity index (χ0) is 19.6. The van der Waals surface area contributed by atoms with Crippen LogP contribution in [0.25, 0.3) is 0 Å². The standard InChI is InChI=1S/C19H16Cl3N3O3/c20-14-6-4-13(5-7-14)19(10-25-12-23-11-24-25)27-9-15(28-19)8-26-18-16(21)2-1-3-17(18)22/h1-7,11-12,15H,8-10H2.